The molecule has 1 fully saturated rings. The summed E-state index contributed by atoms with van der Waals surface area (Å²) in [5.41, 5.74) is 4.42. The number of thiazole rings is 1. The first-order chi connectivity index (χ1) is 16.0. The topological polar surface area (TPSA) is 67.7 Å². The number of hydrogen-bond donors (Lipinski definition) is 2. The summed E-state index contributed by atoms with van der Waals surface area (Å²) in [5.74, 6) is 0.691. The predicted molar refractivity (Wildman–Crippen MR) is 139 cm³/mol. The Kier molecular flexibility index (Phi) is 8.52. The summed E-state index contributed by atoms with van der Waals surface area (Å²) in [6.07, 6.45) is 10.8. The lowest BCUT2D eigenvalue weighted by Crippen LogP contribution is -2.26. The first kappa shape index (κ1) is 24.3. The lowest BCUT2D eigenvalue weighted by molar-refractivity contribution is 0.452. The monoisotopic (exact) mass is 486 g/mol. The summed E-state index contributed by atoms with van der Waals surface area (Å²) in [6, 6.07) is 0.438. The number of fused-ring (bicyclic) bond motifs is 1. The Balaban J connectivity index is 1.35. The summed E-state index contributed by atoms with van der Waals surface area (Å²) < 4.78 is 2.33. The van der Waals surface area contributed by atoms with Gasteiger partial charge in [0.1, 0.15) is 10.7 Å². The highest BCUT2D eigenvalue weighted by Crippen LogP contribution is 2.40. The van der Waals surface area contributed by atoms with Gasteiger partial charge in [-0.1, -0.05) is 12.5 Å². The minimum absolute atomic E-state index is 0.301. The zero-order valence-electron chi connectivity index (χ0n) is 19.7. The van der Waals surface area contributed by atoms with Crippen LogP contribution in [0.25, 0.3) is 21.6 Å². The zero-order valence-corrected chi connectivity index (χ0v) is 21.3. The maximum absolute atomic E-state index is 6.19. The maximum Gasteiger partial charge on any atom is 0.224 e. The molecule has 2 N–H and O–H groups in total. The molecule has 0 spiro atoms. The quantitative estimate of drug-likeness (QED) is 0.197. The number of aromatic nitrogens is 4. The van der Waals surface area contributed by atoms with E-state index >= 15 is 0 Å². The molecule has 3 aromatic rings. The highest BCUT2D eigenvalue weighted by atomic mass is 35.5. The fourth-order valence-electron chi connectivity index (χ4n) is 4.61. The van der Waals surface area contributed by atoms with Crippen molar-refractivity contribution in [3.8, 4) is 10.6 Å². The van der Waals surface area contributed by atoms with Gasteiger partial charge in [-0.2, -0.15) is 4.98 Å². The van der Waals surface area contributed by atoms with Crippen molar-refractivity contribution >= 4 is 34.0 Å². The van der Waals surface area contributed by atoms with Crippen LogP contribution in [-0.2, 0) is 6.42 Å². The molecule has 4 rings (SSSR count). The maximum atomic E-state index is 6.19. The van der Waals surface area contributed by atoms with E-state index < -0.39 is 0 Å². The molecule has 0 bridgehead atoms. The molecule has 6 nitrogen and oxygen atoms in total. The zero-order chi connectivity index (χ0) is 23.2. The van der Waals surface area contributed by atoms with Gasteiger partial charge in [0.25, 0.3) is 0 Å². The Labute approximate surface area is 205 Å². The molecule has 1 aliphatic carbocycles. The van der Waals surface area contributed by atoms with Gasteiger partial charge in [-0.3, -0.25) is 0 Å². The summed E-state index contributed by atoms with van der Waals surface area (Å²) in [7, 11) is 0. The average molecular weight is 487 g/mol. The van der Waals surface area contributed by atoms with E-state index in [0.717, 1.165) is 85.6 Å². The summed E-state index contributed by atoms with van der Waals surface area (Å²) >= 11 is 7.88. The van der Waals surface area contributed by atoms with E-state index in [-0.39, 0.29) is 0 Å². The van der Waals surface area contributed by atoms with E-state index in [4.69, 9.17) is 16.6 Å². The van der Waals surface area contributed by atoms with Crippen LogP contribution in [-0.4, -0.2) is 45.7 Å². The third-order valence-corrected chi connectivity index (χ3v) is 7.57. The summed E-state index contributed by atoms with van der Waals surface area (Å²) in [6.45, 7) is 12.4. The van der Waals surface area contributed by atoms with Gasteiger partial charge < -0.3 is 15.2 Å². The van der Waals surface area contributed by atoms with E-state index in [1.807, 2.05) is 6.20 Å². The average Bonchev–Trinajstić information content (AvgIpc) is 3.53. The number of aryl methyl sites for hydroxylation is 1. The number of halogens is 1. The number of rotatable bonds is 12. The molecule has 0 amide bonds. The number of nitrogens with one attached hydrogen (secondary N) is 2. The highest BCUT2D eigenvalue weighted by Gasteiger charge is 2.28. The summed E-state index contributed by atoms with van der Waals surface area (Å²) in [5, 5.41) is 11.7. The van der Waals surface area contributed by atoms with Crippen molar-refractivity contribution in [1.29, 1.82) is 0 Å². The van der Waals surface area contributed by atoms with E-state index in [1.165, 1.54) is 12.0 Å². The van der Waals surface area contributed by atoms with Crippen molar-refractivity contribution in [2.75, 3.05) is 26.2 Å². The van der Waals surface area contributed by atoms with Gasteiger partial charge in [-0.15, -0.1) is 17.9 Å². The molecule has 2 atom stereocenters. The molecule has 3 heterocycles. The van der Waals surface area contributed by atoms with Crippen LogP contribution in [0.2, 0.25) is 5.28 Å². The Hall–Kier alpha value is -1.80. The number of nitrogens with zero attached hydrogens (tertiary/aromatic N) is 4. The van der Waals surface area contributed by atoms with Gasteiger partial charge in [0, 0.05) is 34.8 Å². The normalized spacial score (nSPS) is 18.4. The van der Waals surface area contributed by atoms with Gasteiger partial charge in [0.15, 0.2) is 0 Å². The minimum atomic E-state index is 0.301. The molecular formula is C25H35ClN6S. The van der Waals surface area contributed by atoms with Crippen molar-refractivity contribution in [2.45, 2.75) is 58.4 Å². The smallest absolute Gasteiger partial charge is 0.224 e. The Morgan fingerprint density at radius 1 is 1.24 bits per heavy atom. The molecule has 1 aliphatic rings. The van der Waals surface area contributed by atoms with E-state index in [2.05, 4.69) is 57.2 Å². The van der Waals surface area contributed by atoms with Crippen LogP contribution in [0.15, 0.2) is 29.9 Å². The van der Waals surface area contributed by atoms with Crippen LogP contribution < -0.4 is 10.6 Å². The second-order valence-electron chi connectivity index (χ2n) is 9.17. The van der Waals surface area contributed by atoms with Crippen LogP contribution in [0.1, 0.15) is 57.7 Å². The summed E-state index contributed by atoms with van der Waals surface area (Å²) in [4.78, 5) is 13.7. The largest absolute Gasteiger partial charge is 0.329 e. The molecule has 0 saturated heterocycles. The van der Waals surface area contributed by atoms with Gasteiger partial charge in [0.2, 0.25) is 5.28 Å². The fraction of sp³-hybridized carbons (Fsp3) is 0.560. The lowest BCUT2D eigenvalue weighted by atomic mass is 10.1. The molecule has 8 heteroatoms. The van der Waals surface area contributed by atoms with Crippen LogP contribution in [0, 0.1) is 5.92 Å². The lowest BCUT2D eigenvalue weighted by Gasteiger charge is -2.15. The van der Waals surface area contributed by atoms with Gasteiger partial charge in [-0.05, 0) is 89.1 Å². The van der Waals surface area contributed by atoms with Crippen LogP contribution >= 0.6 is 22.9 Å². The van der Waals surface area contributed by atoms with Crippen molar-refractivity contribution in [2.24, 2.45) is 5.92 Å². The number of hydrogen-bond acceptors (Lipinski definition) is 6. The Bertz CT molecular complexity index is 1070. The molecule has 0 aliphatic heterocycles. The Morgan fingerprint density at radius 2 is 2.09 bits per heavy atom. The van der Waals surface area contributed by atoms with Crippen molar-refractivity contribution < 1.29 is 0 Å². The minimum Gasteiger partial charge on any atom is -0.329 e. The second-order valence-corrected chi connectivity index (χ2v) is 10.4. The van der Waals surface area contributed by atoms with Gasteiger partial charge in [-0.25, -0.2) is 9.97 Å². The van der Waals surface area contributed by atoms with Gasteiger partial charge in [0.05, 0.1) is 5.69 Å². The molecule has 0 radical (unpaired) electrons. The second kappa shape index (κ2) is 11.6. The third kappa shape index (κ3) is 6.21. The van der Waals surface area contributed by atoms with E-state index in [9.17, 15) is 0 Å². The molecule has 1 saturated carbocycles. The molecule has 33 heavy (non-hydrogen) atoms. The Morgan fingerprint density at radius 3 is 2.88 bits per heavy atom. The van der Waals surface area contributed by atoms with Crippen molar-refractivity contribution in [1.82, 2.24) is 30.2 Å². The van der Waals surface area contributed by atoms with E-state index in [0.29, 0.717) is 17.2 Å². The van der Waals surface area contributed by atoms with Crippen LogP contribution in [0.5, 0.6) is 0 Å². The molecule has 0 aromatic carbocycles. The molecular weight excluding hydrogens is 452 g/mol. The molecule has 3 aromatic heterocycles. The standard InChI is InChI=1S/C25H35ClN6S/c1-4-19-16-33-24(30-19)22-15-32(23-21(22)14-29-25(26)31-23)20-7-6-18(12-20)13-28-10-5-9-27-11-8-17(2)3/h14-16,18,20,27-28H,2,4-13H2,1,3H3/t18-,20+/m1/s1. The van der Waals surface area contributed by atoms with E-state index in [1.54, 1.807) is 11.3 Å². The van der Waals surface area contributed by atoms with Gasteiger partial charge >= 0.3 is 0 Å². The van der Waals surface area contributed by atoms with Crippen molar-refractivity contribution in [3.05, 3.63) is 40.9 Å². The molecule has 0 unspecified atom stereocenters. The fourth-order valence-corrected chi connectivity index (χ4v) is 5.66. The highest BCUT2D eigenvalue weighted by molar-refractivity contribution is 7.13. The van der Waals surface area contributed by atoms with Crippen LogP contribution in [0.4, 0.5) is 0 Å². The first-order valence-electron chi connectivity index (χ1n) is 12.1. The predicted octanol–water partition coefficient (Wildman–Crippen LogP) is 5.65. The molecule has 178 valence electrons. The van der Waals surface area contributed by atoms with Crippen molar-refractivity contribution in [3.63, 3.8) is 0 Å². The SMILES string of the molecule is C=C(C)CCNCCCNC[C@@H]1CC[C@H](n2cc(-c3nc(CC)cs3)c3cnc(Cl)nc32)C1. The third-order valence-electron chi connectivity index (χ3n) is 6.46. The first-order valence-corrected chi connectivity index (χ1v) is 13.3. The van der Waals surface area contributed by atoms with Crippen LogP contribution in [0.3, 0.4) is 0 Å².